The van der Waals surface area contributed by atoms with Crippen LogP contribution in [0.25, 0.3) is 0 Å². The van der Waals surface area contributed by atoms with Crippen molar-refractivity contribution in [1.82, 2.24) is 14.8 Å². The number of likely N-dealkylation sites (N-methyl/N-ethyl adjacent to an activating group) is 1. The van der Waals surface area contributed by atoms with Crippen LogP contribution in [0.4, 0.5) is 10.5 Å². The predicted octanol–water partition coefficient (Wildman–Crippen LogP) is 2.38. The number of hydrogen-bond donors (Lipinski definition) is 2. The van der Waals surface area contributed by atoms with Crippen LogP contribution in [0, 0.1) is 0 Å². The topological polar surface area (TPSA) is 51.4 Å². The summed E-state index contributed by atoms with van der Waals surface area (Å²) in [5.41, 5.74) is 3.15. The Labute approximate surface area is 130 Å². The van der Waals surface area contributed by atoms with Crippen LogP contribution in [0.1, 0.15) is 11.3 Å². The fourth-order valence-corrected chi connectivity index (χ4v) is 2.68. The third kappa shape index (κ3) is 3.49. The van der Waals surface area contributed by atoms with E-state index < -0.39 is 0 Å². The van der Waals surface area contributed by atoms with Crippen LogP contribution in [0.15, 0.2) is 42.6 Å². The zero-order valence-electron chi connectivity index (χ0n) is 12.9. The highest BCUT2D eigenvalue weighted by Crippen LogP contribution is 2.19. The van der Waals surface area contributed by atoms with E-state index >= 15 is 0 Å². The van der Waals surface area contributed by atoms with Gasteiger partial charge in [0.15, 0.2) is 0 Å². The molecule has 1 fully saturated rings. The van der Waals surface area contributed by atoms with Crippen molar-refractivity contribution in [2.24, 2.45) is 0 Å². The van der Waals surface area contributed by atoms with E-state index in [9.17, 15) is 4.79 Å². The molecule has 2 heterocycles. The van der Waals surface area contributed by atoms with Crippen LogP contribution in [0.2, 0.25) is 0 Å². The number of aromatic amines is 1. The number of carbonyl (C=O) groups is 1. The second-order valence-corrected chi connectivity index (χ2v) is 5.75. The van der Waals surface area contributed by atoms with Gasteiger partial charge in [0.25, 0.3) is 0 Å². The molecule has 0 bridgehead atoms. The molecule has 0 radical (unpaired) electrons. The number of amides is 2. The Balaban J connectivity index is 1.68. The molecule has 5 heteroatoms. The lowest BCUT2D eigenvalue weighted by Crippen LogP contribution is -2.48. The monoisotopic (exact) mass is 298 g/mol. The molecule has 0 spiro atoms. The number of piperazine rings is 1. The molecule has 2 amide bonds. The number of anilines is 1. The van der Waals surface area contributed by atoms with Crippen molar-refractivity contribution in [2.75, 3.05) is 38.5 Å². The van der Waals surface area contributed by atoms with Crippen molar-refractivity contribution in [1.29, 1.82) is 0 Å². The minimum absolute atomic E-state index is 0.00737. The maximum Gasteiger partial charge on any atom is 0.321 e. The second kappa shape index (κ2) is 6.66. The lowest BCUT2D eigenvalue weighted by Gasteiger charge is -2.32. The highest BCUT2D eigenvalue weighted by atomic mass is 16.2. The average Bonchev–Trinajstić information content (AvgIpc) is 3.03. The summed E-state index contributed by atoms with van der Waals surface area (Å²) >= 11 is 0. The van der Waals surface area contributed by atoms with Gasteiger partial charge in [-0.3, -0.25) is 0 Å². The smallest absolute Gasteiger partial charge is 0.321 e. The molecule has 3 rings (SSSR count). The largest absolute Gasteiger partial charge is 0.365 e. The van der Waals surface area contributed by atoms with Crippen LogP contribution < -0.4 is 5.32 Å². The number of hydrogen-bond acceptors (Lipinski definition) is 2. The Morgan fingerprint density at radius 3 is 2.64 bits per heavy atom. The molecule has 1 saturated heterocycles. The number of aromatic nitrogens is 1. The van der Waals surface area contributed by atoms with Gasteiger partial charge in [-0.25, -0.2) is 4.79 Å². The maximum absolute atomic E-state index is 12.4. The summed E-state index contributed by atoms with van der Waals surface area (Å²) in [6.45, 7) is 3.41. The van der Waals surface area contributed by atoms with E-state index in [2.05, 4.69) is 34.4 Å². The first kappa shape index (κ1) is 14.7. The van der Waals surface area contributed by atoms with Crippen LogP contribution in [0.5, 0.6) is 0 Å². The molecule has 1 aromatic carbocycles. The highest BCUT2D eigenvalue weighted by Gasteiger charge is 2.19. The lowest BCUT2D eigenvalue weighted by molar-refractivity contribution is 0.164. The molecule has 1 aliphatic rings. The van der Waals surface area contributed by atoms with Crippen LogP contribution in [0.3, 0.4) is 0 Å². The van der Waals surface area contributed by atoms with Crippen molar-refractivity contribution in [3.63, 3.8) is 0 Å². The second-order valence-electron chi connectivity index (χ2n) is 5.75. The van der Waals surface area contributed by atoms with Crippen molar-refractivity contribution < 1.29 is 4.79 Å². The third-order valence-corrected chi connectivity index (χ3v) is 4.09. The molecular weight excluding hydrogens is 276 g/mol. The average molecular weight is 298 g/mol. The van der Waals surface area contributed by atoms with E-state index in [1.165, 1.54) is 0 Å². The first-order valence-corrected chi connectivity index (χ1v) is 7.67. The van der Waals surface area contributed by atoms with Gasteiger partial charge in [-0.05, 0) is 30.8 Å². The fraction of sp³-hybridized carbons (Fsp3) is 0.353. The van der Waals surface area contributed by atoms with Crippen LogP contribution in [-0.2, 0) is 6.42 Å². The van der Waals surface area contributed by atoms with Gasteiger partial charge in [0.2, 0.25) is 0 Å². The minimum Gasteiger partial charge on any atom is -0.365 e. The summed E-state index contributed by atoms with van der Waals surface area (Å²) in [6, 6.07) is 12.0. The number of benzene rings is 1. The quantitative estimate of drug-likeness (QED) is 0.914. The van der Waals surface area contributed by atoms with Gasteiger partial charge in [-0.2, -0.15) is 0 Å². The van der Waals surface area contributed by atoms with Crippen LogP contribution in [-0.4, -0.2) is 54.0 Å². The van der Waals surface area contributed by atoms with Crippen molar-refractivity contribution in [2.45, 2.75) is 6.42 Å². The standard InChI is InChI=1S/C17H22N4O/c1-20-9-11-21(12-10-20)17(22)19-16-7-3-2-5-14(16)13-15-6-4-8-18-15/h2-8,18H,9-13H2,1H3,(H,19,22). The molecular formula is C17H22N4O. The zero-order chi connectivity index (χ0) is 15.4. The highest BCUT2D eigenvalue weighted by molar-refractivity contribution is 5.90. The maximum atomic E-state index is 12.4. The summed E-state index contributed by atoms with van der Waals surface area (Å²) in [5, 5.41) is 3.06. The molecule has 1 aliphatic heterocycles. The van der Waals surface area contributed by atoms with Gasteiger partial charge < -0.3 is 20.1 Å². The van der Waals surface area contributed by atoms with Gasteiger partial charge >= 0.3 is 6.03 Å². The summed E-state index contributed by atoms with van der Waals surface area (Å²) in [6.07, 6.45) is 2.70. The number of urea groups is 1. The summed E-state index contributed by atoms with van der Waals surface area (Å²) in [4.78, 5) is 19.7. The number of rotatable bonds is 3. The molecule has 22 heavy (non-hydrogen) atoms. The van der Waals surface area contributed by atoms with Gasteiger partial charge in [0, 0.05) is 50.2 Å². The first-order valence-electron chi connectivity index (χ1n) is 7.67. The van der Waals surface area contributed by atoms with E-state index in [1.807, 2.05) is 35.4 Å². The van der Waals surface area contributed by atoms with E-state index in [4.69, 9.17) is 0 Å². The van der Waals surface area contributed by atoms with E-state index in [1.54, 1.807) is 0 Å². The first-order chi connectivity index (χ1) is 10.7. The Morgan fingerprint density at radius 2 is 1.91 bits per heavy atom. The van der Waals surface area contributed by atoms with Gasteiger partial charge in [0.1, 0.15) is 0 Å². The molecule has 1 aromatic heterocycles. The van der Waals surface area contributed by atoms with Crippen molar-refractivity contribution in [3.05, 3.63) is 53.9 Å². The van der Waals surface area contributed by atoms with Crippen molar-refractivity contribution >= 4 is 11.7 Å². The summed E-state index contributed by atoms with van der Waals surface area (Å²) < 4.78 is 0. The normalized spacial score (nSPS) is 15.8. The fourth-order valence-electron chi connectivity index (χ4n) is 2.68. The Morgan fingerprint density at radius 1 is 1.14 bits per heavy atom. The number of para-hydroxylation sites is 1. The number of H-pyrrole nitrogens is 1. The predicted molar refractivity (Wildman–Crippen MR) is 88.1 cm³/mol. The Kier molecular flexibility index (Phi) is 4.44. The Bertz CT molecular complexity index is 615. The molecule has 0 saturated carbocycles. The molecule has 0 unspecified atom stereocenters. The molecule has 5 nitrogen and oxygen atoms in total. The SMILES string of the molecule is CN1CCN(C(=O)Nc2ccccc2Cc2ccc[nH]2)CC1. The molecule has 2 aromatic rings. The number of nitrogens with zero attached hydrogens (tertiary/aromatic N) is 2. The van der Waals surface area contributed by atoms with E-state index in [0.717, 1.165) is 49.5 Å². The molecule has 116 valence electrons. The molecule has 2 N–H and O–H groups in total. The number of carbonyl (C=O) groups excluding carboxylic acids is 1. The third-order valence-electron chi connectivity index (χ3n) is 4.09. The molecule has 0 atom stereocenters. The summed E-state index contributed by atoms with van der Waals surface area (Å²) in [5.74, 6) is 0. The van der Waals surface area contributed by atoms with E-state index in [0.29, 0.717) is 0 Å². The summed E-state index contributed by atoms with van der Waals surface area (Å²) in [7, 11) is 2.08. The zero-order valence-corrected chi connectivity index (χ0v) is 12.9. The Hall–Kier alpha value is -2.27. The van der Waals surface area contributed by atoms with E-state index in [-0.39, 0.29) is 6.03 Å². The van der Waals surface area contributed by atoms with Gasteiger partial charge in [-0.1, -0.05) is 18.2 Å². The van der Waals surface area contributed by atoms with Crippen LogP contribution >= 0.6 is 0 Å². The minimum atomic E-state index is -0.00737. The van der Waals surface area contributed by atoms with Crippen molar-refractivity contribution in [3.8, 4) is 0 Å². The molecule has 0 aliphatic carbocycles. The van der Waals surface area contributed by atoms with Gasteiger partial charge in [-0.15, -0.1) is 0 Å². The number of nitrogens with one attached hydrogen (secondary N) is 2. The lowest BCUT2D eigenvalue weighted by atomic mass is 10.1. The van der Waals surface area contributed by atoms with Gasteiger partial charge in [0.05, 0.1) is 0 Å².